The van der Waals surface area contributed by atoms with Gasteiger partial charge in [-0.3, -0.25) is 0 Å². The number of hydrogen-bond acceptors (Lipinski definition) is 1. The molecule has 0 aliphatic heterocycles. The summed E-state index contributed by atoms with van der Waals surface area (Å²) in [5.74, 6) is 0. The minimum Gasteiger partial charge on any atom is -0.325 e. The smallest absolute Gasteiger partial charge is 0.320 e. The van der Waals surface area contributed by atoms with Gasteiger partial charge in [-0.2, -0.15) is 0 Å². The van der Waals surface area contributed by atoms with Crippen LogP contribution in [0, 0.1) is 0 Å². The monoisotopic (exact) mass is 178 g/mol. The minimum absolute atomic E-state index is 0.00926. The Hall–Kier alpha value is -0.440. The van der Waals surface area contributed by atoms with Crippen molar-refractivity contribution in [3.63, 3.8) is 0 Å². The lowest BCUT2D eigenvalue weighted by molar-refractivity contribution is 0.174. The number of hydrogen-bond donors (Lipinski definition) is 0. The summed E-state index contributed by atoms with van der Waals surface area (Å²) >= 11 is 5.48. The van der Waals surface area contributed by atoms with Crippen LogP contribution in [-0.2, 0) is 0 Å². The highest BCUT2D eigenvalue weighted by atomic mass is 35.5. The Kier molecular flexibility index (Phi) is 5.03. The molecule has 0 bridgehead atoms. The fraction of sp³-hybridized carbons (Fsp3) is 0.857. The third-order valence-corrected chi connectivity index (χ3v) is 1.90. The van der Waals surface area contributed by atoms with Crippen LogP contribution in [0.2, 0.25) is 0 Å². The summed E-state index contributed by atoms with van der Waals surface area (Å²) in [5, 5.41) is 0. The first kappa shape index (κ1) is 10.6. The van der Waals surface area contributed by atoms with Gasteiger partial charge in [-0.25, -0.2) is 4.79 Å². The van der Waals surface area contributed by atoms with Crippen molar-refractivity contribution in [3.05, 3.63) is 0 Å². The highest BCUT2D eigenvalue weighted by molar-refractivity contribution is 6.18. The second-order valence-electron chi connectivity index (χ2n) is 2.27. The molecule has 0 aromatic heterocycles. The van der Waals surface area contributed by atoms with E-state index in [-0.39, 0.29) is 12.0 Å². The molecule has 11 heavy (non-hydrogen) atoms. The van der Waals surface area contributed by atoms with E-state index in [2.05, 4.69) is 0 Å². The highest BCUT2D eigenvalue weighted by Gasteiger charge is 2.12. The van der Waals surface area contributed by atoms with Crippen molar-refractivity contribution in [1.82, 2.24) is 9.80 Å². The first-order valence-electron chi connectivity index (χ1n) is 3.73. The average Bonchev–Trinajstić information content (AvgIpc) is 2.05. The first-order valence-corrected chi connectivity index (χ1v) is 4.26. The zero-order valence-electron chi connectivity index (χ0n) is 7.30. The fourth-order valence-corrected chi connectivity index (χ4v) is 0.889. The molecular formula is C7H15ClN2O. The second-order valence-corrected chi connectivity index (χ2v) is 2.51. The molecule has 66 valence electrons. The van der Waals surface area contributed by atoms with Gasteiger partial charge in [0, 0.05) is 20.1 Å². The summed E-state index contributed by atoms with van der Waals surface area (Å²) in [4.78, 5) is 14.5. The summed E-state index contributed by atoms with van der Waals surface area (Å²) in [6.45, 7) is 5.36. The summed E-state index contributed by atoms with van der Waals surface area (Å²) < 4.78 is 0. The maximum absolute atomic E-state index is 11.3. The van der Waals surface area contributed by atoms with Gasteiger partial charge in [0.25, 0.3) is 0 Å². The summed E-state index contributed by atoms with van der Waals surface area (Å²) in [6, 6.07) is 0.236. The Morgan fingerprint density at radius 3 is 2.09 bits per heavy atom. The average molecular weight is 179 g/mol. The van der Waals surface area contributed by atoms with Crippen LogP contribution in [0.4, 0.5) is 4.79 Å². The van der Waals surface area contributed by atoms with Crippen molar-refractivity contribution in [2.24, 2.45) is 0 Å². The predicted octanol–water partition coefficient (Wildman–Crippen LogP) is 1.58. The van der Waals surface area contributed by atoms with E-state index in [0.717, 1.165) is 13.1 Å². The van der Waals surface area contributed by atoms with Crippen molar-refractivity contribution >= 4 is 17.6 Å². The molecule has 0 spiro atoms. The van der Waals surface area contributed by atoms with E-state index in [1.165, 1.54) is 4.90 Å². The molecule has 0 heterocycles. The highest BCUT2D eigenvalue weighted by Crippen LogP contribution is 1.96. The molecule has 0 saturated carbocycles. The van der Waals surface area contributed by atoms with Crippen molar-refractivity contribution in [2.45, 2.75) is 13.8 Å². The molecule has 0 aliphatic carbocycles. The molecule has 0 unspecified atom stereocenters. The second kappa shape index (κ2) is 5.24. The largest absolute Gasteiger partial charge is 0.325 e. The molecule has 0 saturated heterocycles. The number of rotatable bonds is 3. The van der Waals surface area contributed by atoms with Crippen LogP contribution >= 0.6 is 11.6 Å². The van der Waals surface area contributed by atoms with Gasteiger partial charge in [0.2, 0.25) is 0 Å². The van der Waals surface area contributed by atoms with Gasteiger partial charge in [-0.1, -0.05) is 0 Å². The Labute approximate surface area is 72.9 Å². The van der Waals surface area contributed by atoms with Gasteiger partial charge < -0.3 is 9.80 Å². The summed E-state index contributed by atoms with van der Waals surface area (Å²) in [7, 11) is 1.69. The van der Waals surface area contributed by atoms with Gasteiger partial charge in [0.05, 0.1) is 6.00 Å². The van der Waals surface area contributed by atoms with Crippen LogP contribution in [-0.4, -0.2) is 42.0 Å². The normalized spacial score (nSPS) is 9.45. The van der Waals surface area contributed by atoms with Crippen LogP contribution in [0.5, 0.6) is 0 Å². The molecule has 0 aliphatic rings. The number of urea groups is 1. The molecule has 3 nitrogen and oxygen atoms in total. The van der Waals surface area contributed by atoms with Crippen LogP contribution < -0.4 is 0 Å². The molecule has 0 rings (SSSR count). The SMILES string of the molecule is CCN(CC)C(=O)N(C)CCl. The number of amides is 2. The van der Waals surface area contributed by atoms with E-state index < -0.39 is 0 Å². The topological polar surface area (TPSA) is 23.6 Å². The lowest BCUT2D eigenvalue weighted by Crippen LogP contribution is -2.40. The third-order valence-electron chi connectivity index (χ3n) is 1.54. The van der Waals surface area contributed by atoms with Crippen molar-refractivity contribution < 1.29 is 4.79 Å². The molecule has 2 amide bonds. The first-order chi connectivity index (χ1) is 5.17. The molecule has 0 N–H and O–H groups in total. The Morgan fingerprint density at radius 1 is 1.36 bits per heavy atom. The number of halogens is 1. The predicted molar refractivity (Wildman–Crippen MR) is 46.8 cm³/mol. The number of alkyl halides is 1. The zero-order valence-corrected chi connectivity index (χ0v) is 8.06. The van der Waals surface area contributed by atoms with Crippen molar-refractivity contribution in [1.29, 1.82) is 0 Å². The van der Waals surface area contributed by atoms with Crippen molar-refractivity contribution in [2.75, 3.05) is 26.1 Å². The van der Waals surface area contributed by atoms with Gasteiger partial charge in [0.15, 0.2) is 0 Å². The van der Waals surface area contributed by atoms with Crippen molar-refractivity contribution in [3.8, 4) is 0 Å². The molecule has 0 aromatic rings. The number of nitrogens with zero attached hydrogens (tertiary/aromatic N) is 2. The van der Waals surface area contributed by atoms with Gasteiger partial charge >= 0.3 is 6.03 Å². The van der Waals surface area contributed by atoms with Crippen LogP contribution in [0.1, 0.15) is 13.8 Å². The molecule has 0 radical (unpaired) electrons. The quantitative estimate of drug-likeness (QED) is 0.476. The minimum atomic E-state index is -0.00926. The van der Waals surface area contributed by atoms with E-state index in [1.54, 1.807) is 11.9 Å². The molecular weight excluding hydrogens is 164 g/mol. The molecule has 4 heteroatoms. The van der Waals surface area contributed by atoms with E-state index >= 15 is 0 Å². The lowest BCUT2D eigenvalue weighted by atomic mass is 10.5. The van der Waals surface area contributed by atoms with Gasteiger partial charge in [-0.05, 0) is 13.8 Å². The molecule has 0 aromatic carbocycles. The summed E-state index contributed by atoms with van der Waals surface area (Å²) in [5.41, 5.74) is 0. The lowest BCUT2D eigenvalue weighted by Gasteiger charge is -2.24. The Morgan fingerprint density at radius 2 is 1.82 bits per heavy atom. The summed E-state index contributed by atoms with van der Waals surface area (Å²) in [6.07, 6.45) is 0. The molecule has 0 fully saturated rings. The Balaban J connectivity index is 3.97. The van der Waals surface area contributed by atoms with E-state index in [1.807, 2.05) is 13.8 Å². The van der Waals surface area contributed by atoms with E-state index in [4.69, 9.17) is 11.6 Å². The van der Waals surface area contributed by atoms with Crippen LogP contribution in [0.25, 0.3) is 0 Å². The molecule has 0 atom stereocenters. The number of carbonyl (C=O) groups excluding carboxylic acids is 1. The maximum atomic E-state index is 11.3. The zero-order chi connectivity index (χ0) is 8.85. The van der Waals surface area contributed by atoms with Gasteiger partial charge in [-0.15, -0.1) is 11.6 Å². The fourth-order valence-electron chi connectivity index (χ4n) is 0.787. The van der Waals surface area contributed by atoms with Crippen LogP contribution in [0.15, 0.2) is 0 Å². The Bertz CT molecular complexity index is 126. The maximum Gasteiger partial charge on any atom is 0.320 e. The van der Waals surface area contributed by atoms with E-state index in [9.17, 15) is 4.79 Å². The van der Waals surface area contributed by atoms with E-state index in [0.29, 0.717) is 0 Å². The van der Waals surface area contributed by atoms with Gasteiger partial charge in [0.1, 0.15) is 0 Å². The number of carbonyl (C=O) groups is 1. The van der Waals surface area contributed by atoms with Crippen LogP contribution in [0.3, 0.4) is 0 Å². The third kappa shape index (κ3) is 2.97. The standard InChI is InChI=1S/C7H15ClN2O/c1-4-10(5-2)7(11)9(3)6-8/h4-6H2,1-3H3.